The molecule has 0 saturated heterocycles. The largest absolute Gasteiger partial charge is 0.493 e. The molecule has 1 amide bonds. The minimum Gasteiger partial charge on any atom is -0.493 e. The zero-order chi connectivity index (χ0) is 25.2. The average Bonchev–Trinajstić information content (AvgIpc) is 3.35. The number of methoxy groups -OCH3 is 1. The van der Waals surface area contributed by atoms with Gasteiger partial charge >= 0.3 is 17.8 Å². The van der Waals surface area contributed by atoms with Crippen LogP contribution in [0.25, 0.3) is 11.3 Å². The first-order chi connectivity index (χ1) is 15.9. The van der Waals surface area contributed by atoms with E-state index in [9.17, 15) is 32.7 Å². The standard InChI is InChI=1S/C21H21F3N4O5S/c1-10(2)7-14(16(29)27-19-25-13(9-34-19)18(31)33-3)28-17(30)15(26-20(28)32)11-5-4-6-12(8-11)21(22,23)24/h4-6,8-10,14,30H,7H2,1-3H3,(H,26,32)(H,25,27,29)/t14-/m0/s1. The third-order valence-electron chi connectivity index (χ3n) is 4.82. The quantitative estimate of drug-likeness (QED) is 0.422. The summed E-state index contributed by atoms with van der Waals surface area (Å²) in [6.07, 6.45) is -4.50. The van der Waals surface area contributed by atoms with E-state index in [-0.39, 0.29) is 34.4 Å². The van der Waals surface area contributed by atoms with Gasteiger partial charge in [-0.3, -0.25) is 9.36 Å². The molecule has 0 spiro atoms. The third-order valence-corrected chi connectivity index (χ3v) is 5.58. The number of benzene rings is 1. The fourth-order valence-electron chi connectivity index (χ4n) is 3.28. The van der Waals surface area contributed by atoms with Crippen LogP contribution < -0.4 is 11.0 Å². The maximum atomic E-state index is 13.1. The zero-order valence-corrected chi connectivity index (χ0v) is 19.1. The zero-order valence-electron chi connectivity index (χ0n) is 18.3. The van der Waals surface area contributed by atoms with Crippen molar-refractivity contribution in [2.75, 3.05) is 12.4 Å². The molecule has 3 aromatic rings. The molecule has 1 atom stereocenters. The number of imidazole rings is 1. The minimum atomic E-state index is -4.62. The average molecular weight is 498 g/mol. The van der Waals surface area contributed by atoms with Gasteiger partial charge < -0.3 is 20.1 Å². The number of nitrogens with zero attached hydrogens (tertiary/aromatic N) is 2. The van der Waals surface area contributed by atoms with E-state index in [2.05, 4.69) is 20.0 Å². The van der Waals surface area contributed by atoms with Crippen molar-refractivity contribution in [3.63, 3.8) is 0 Å². The number of halogens is 3. The van der Waals surface area contributed by atoms with Crippen LogP contribution in [0, 0.1) is 5.92 Å². The van der Waals surface area contributed by atoms with Crippen LogP contribution in [0.5, 0.6) is 5.88 Å². The van der Waals surface area contributed by atoms with E-state index >= 15 is 0 Å². The number of ether oxygens (including phenoxy) is 1. The molecule has 0 fully saturated rings. The van der Waals surface area contributed by atoms with Gasteiger partial charge in [-0.15, -0.1) is 11.3 Å². The van der Waals surface area contributed by atoms with Gasteiger partial charge in [0.25, 0.3) is 0 Å². The number of aromatic hydroxyl groups is 1. The molecule has 0 radical (unpaired) electrons. The monoisotopic (exact) mass is 498 g/mol. The van der Waals surface area contributed by atoms with E-state index in [1.807, 2.05) is 0 Å². The number of amides is 1. The van der Waals surface area contributed by atoms with E-state index in [0.717, 1.165) is 34.1 Å². The Morgan fingerprint density at radius 1 is 1.32 bits per heavy atom. The van der Waals surface area contributed by atoms with Gasteiger partial charge in [0, 0.05) is 10.9 Å². The molecule has 0 bridgehead atoms. The Kier molecular flexibility index (Phi) is 7.15. The highest BCUT2D eigenvalue weighted by Crippen LogP contribution is 2.35. The summed E-state index contributed by atoms with van der Waals surface area (Å²) in [6.45, 7) is 3.59. The Balaban J connectivity index is 1.98. The van der Waals surface area contributed by atoms with Gasteiger partial charge in [0.1, 0.15) is 11.7 Å². The highest BCUT2D eigenvalue weighted by atomic mass is 32.1. The number of nitrogens with one attached hydrogen (secondary N) is 2. The maximum Gasteiger partial charge on any atom is 0.416 e. The first kappa shape index (κ1) is 25.0. The number of aromatic nitrogens is 3. The van der Waals surface area contributed by atoms with E-state index < -0.39 is 41.2 Å². The second-order valence-electron chi connectivity index (χ2n) is 7.74. The lowest BCUT2D eigenvalue weighted by atomic mass is 10.0. The molecule has 34 heavy (non-hydrogen) atoms. The predicted molar refractivity (Wildman–Crippen MR) is 118 cm³/mol. The first-order valence-electron chi connectivity index (χ1n) is 9.98. The molecule has 1 aromatic carbocycles. The molecule has 13 heteroatoms. The lowest BCUT2D eigenvalue weighted by Gasteiger charge is -2.19. The molecule has 0 aliphatic heterocycles. The Hall–Kier alpha value is -3.61. The van der Waals surface area contributed by atoms with Crippen LogP contribution in [0.15, 0.2) is 34.4 Å². The van der Waals surface area contributed by atoms with Crippen molar-refractivity contribution in [1.29, 1.82) is 0 Å². The number of esters is 1. The summed E-state index contributed by atoms with van der Waals surface area (Å²) in [5, 5.41) is 14.7. The molecule has 2 heterocycles. The van der Waals surface area contributed by atoms with Crippen LogP contribution in [0.1, 0.15) is 42.4 Å². The SMILES string of the molecule is COC(=O)c1csc(NC(=O)[C@H](CC(C)C)n2c(O)c(-c3cccc(C(F)(F)F)c3)[nH]c2=O)n1. The Labute approximate surface area is 195 Å². The molecule has 2 aromatic heterocycles. The number of aromatic amines is 1. The van der Waals surface area contributed by atoms with Gasteiger partial charge in [0.05, 0.1) is 12.7 Å². The fraction of sp³-hybridized carbons (Fsp3) is 0.333. The second kappa shape index (κ2) is 9.71. The van der Waals surface area contributed by atoms with E-state index in [4.69, 9.17) is 0 Å². The lowest BCUT2D eigenvalue weighted by molar-refractivity contribution is -0.137. The van der Waals surface area contributed by atoms with Crippen molar-refractivity contribution >= 4 is 28.3 Å². The van der Waals surface area contributed by atoms with E-state index in [0.29, 0.717) is 0 Å². The number of alkyl halides is 3. The van der Waals surface area contributed by atoms with Gasteiger partial charge in [0.15, 0.2) is 10.8 Å². The van der Waals surface area contributed by atoms with Crippen LogP contribution in [-0.4, -0.2) is 38.6 Å². The van der Waals surface area contributed by atoms with Crippen molar-refractivity contribution in [1.82, 2.24) is 14.5 Å². The molecule has 9 nitrogen and oxygen atoms in total. The summed E-state index contributed by atoms with van der Waals surface area (Å²) in [6, 6.07) is 2.88. The number of hydrogen-bond donors (Lipinski definition) is 3. The highest BCUT2D eigenvalue weighted by molar-refractivity contribution is 7.14. The number of carbonyl (C=O) groups is 2. The molecule has 3 N–H and O–H groups in total. The fourth-order valence-corrected chi connectivity index (χ4v) is 3.96. The minimum absolute atomic E-state index is 0.0169. The molecule has 0 unspecified atom stereocenters. The van der Waals surface area contributed by atoms with E-state index in [1.165, 1.54) is 18.6 Å². The summed E-state index contributed by atoms with van der Waals surface area (Å²) in [4.78, 5) is 43.6. The van der Waals surface area contributed by atoms with Crippen molar-refractivity contribution in [2.24, 2.45) is 5.92 Å². The van der Waals surface area contributed by atoms with Gasteiger partial charge in [-0.05, 0) is 24.5 Å². The topological polar surface area (TPSA) is 126 Å². The van der Waals surface area contributed by atoms with Crippen LogP contribution in [0.2, 0.25) is 0 Å². The summed E-state index contributed by atoms with van der Waals surface area (Å²) in [5.41, 5.74) is -2.18. The summed E-state index contributed by atoms with van der Waals surface area (Å²) in [5.74, 6) is -2.18. The second-order valence-corrected chi connectivity index (χ2v) is 8.60. The van der Waals surface area contributed by atoms with Crippen molar-refractivity contribution in [2.45, 2.75) is 32.5 Å². The molecule has 182 valence electrons. The Morgan fingerprint density at radius 2 is 2.03 bits per heavy atom. The number of thiazole rings is 1. The molecule has 0 aliphatic rings. The summed E-state index contributed by atoms with van der Waals surface area (Å²) < 4.78 is 44.7. The van der Waals surface area contributed by atoms with E-state index in [1.54, 1.807) is 13.8 Å². The number of H-pyrrole nitrogens is 1. The predicted octanol–water partition coefficient (Wildman–Crippen LogP) is 4.04. The Morgan fingerprint density at radius 3 is 2.65 bits per heavy atom. The van der Waals surface area contributed by atoms with Crippen molar-refractivity contribution in [3.8, 4) is 17.1 Å². The number of carbonyl (C=O) groups excluding carboxylic acids is 2. The first-order valence-corrected chi connectivity index (χ1v) is 10.9. The van der Waals surface area contributed by atoms with Crippen molar-refractivity contribution < 1.29 is 32.6 Å². The molecule has 0 saturated carbocycles. The molecule has 3 rings (SSSR count). The maximum absolute atomic E-state index is 13.1. The number of rotatable bonds is 7. The van der Waals surface area contributed by atoms with Crippen LogP contribution in [-0.2, 0) is 15.7 Å². The normalized spacial score (nSPS) is 12.6. The van der Waals surface area contributed by atoms with Gasteiger partial charge in [-0.25, -0.2) is 14.6 Å². The third kappa shape index (κ3) is 5.30. The highest BCUT2D eigenvalue weighted by Gasteiger charge is 2.32. The number of anilines is 1. The molecule has 0 aliphatic carbocycles. The smallest absolute Gasteiger partial charge is 0.416 e. The van der Waals surface area contributed by atoms with Crippen LogP contribution >= 0.6 is 11.3 Å². The lowest BCUT2D eigenvalue weighted by Crippen LogP contribution is -2.33. The number of hydrogen-bond acceptors (Lipinski definition) is 7. The van der Waals surface area contributed by atoms with Gasteiger partial charge in [-0.2, -0.15) is 13.2 Å². The van der Waals surface area contributed by atoms with Crippen LogP contribution in [0.3, 0.4) is 0 Å². The van der Waals surface area contributed by atoms with Gasteiger partial charge in [0.2, 0.25) is 11.8 Å². The summed E-state index contributed by atoms with van der Waals surface area (Å²) in [7, 11) is 1.18. The molecular weight excluding hydrogens is 477 g/mol. The van der Waals surface area contributed by atoms with Crippen molar-refractivity contribution in [3.05, 3.63) is 51.4 Å². The van der Waals surface area contributed by atoms with Gasteiger partial charge in [-0.1, -0.05) is 26.0 Å². The molecular formula is C21H21F3N4O5S. The summed E-state index contributed by atoms with van der Waals surface area (Å²) >= 11 is 0.959. The Bertz CT molecular complexity index is 1260. The van der Waals surface area contributed by atoms with Crippen LogP contribution in [0.4, 0.5) is 18.3 Å².